The number of rotatable bonds is 11. The van der Waals surface area contributed by atoms with Gasteiger partial charge in [0.25, 0.3) is 0 Å². The van der Waals surface area contributed by atoms with Gasteiger partial charge in [0, 0.05) is 24.4 Å². The molecule has 1 aliphatic rings. The maximum Gasteiger partial charge on any atom is 0.159 e. The summed E-state index contributed by atoms with van der Waals surface area (Å²) in [6.07, 6.45) is 13.2. The van der Waals surface area contributed by atoms with E-state index in [-0.39, 0.29) is 0 Å². The molecule has 1 heterocycles. The van der Waals surface area contributed by atoms with Gasteiger partial charge >= 0.3 is 0 Å². The second-order valence-corrected chi connectivity index (χ2v) is 9.59. The van der Waals surface area contributed by atoms with E-state index >= 15 is 0 Å². The lowest BCUT2D eigenvalue weighted by molar-refractivity contribution is -0.272. The van der Waals surface area contributed by atoms with Crippen molar-refractivity contribution in [3.8, 4) is 22.5 Å². The second kappa shape index (κ2) is 12.5. The summed E-state index contributed by atoms with van der Waals surface area (Å²) in [5, 5.41) is 0. The van der Waals surface area contributed by atoms with Gasteiger partial charge in [-0.15, -0.1) is 6.58 Å². The van der Waals surface area contributed by atoms with Crippen molar-refractivity contribution in [3.05, 3.63) is 97.0 Å². The molecule has 0 radical (unpaired) electrons. The number of nitrogens with zero attached hydrogens (tertiary/aromatic N) is 2. The van der Waals surface area contributed by atoms with Crippen molar-refractivity contribution in [2.75, 3.05) is 6.61 Å². The molecule has 0 atom stereocenters. The molecule has 1 aliphatic carbocycles. The number of hydrogen-bond donors (Lipinski definition) is 0. The molecule has 1 aromatic heterocycles. The zero-order chi connectivity index (χ0) is 24.5. The lowest BCUT2D eigenvalue weighted by Gasteiger charge is -2.28. The summed E-state index contributed by atoms with van der Waals surface area (Å²) >= 11 is 0. The van der Waals surface area contributed by atoms with E-state index in [0.29, 0.717) is 24.2 Å². The molecule has 35 heavy (non-hydrogen) atoms. The second-order valence-electron chi connectivity index (χ2n) is 9.59. The van der Waals surface area contributed by atoms with Gasteiger partial charge in [-0.25, -0.2) is 9.97 Å². The van der Waals surface area contributed by atoms with Crippen LogP contribution in [-0.2, 0) is 9.78 Å². The van der Waals surface area contributed by atoms with Crippen molar-refractivity contribution in [2.45, 2.75) is 57.8 Å². The van der Waals surface area contributed by atoms with Crippen LogP contribution in [0, 0.1) is 12.8 Å². The van der Waals surface area contributed by atoms with Crippen molar-refractivity contribution in [1.29, 1.82) is 0 Å². The van der Waals surface area contributed by atoms with Gasteiger partial charge in [0.05, 0.1) is 6.61 Å². The summed E-state index contributed by atoms with van der Waals surface area (Å²) < 4.78 is 0. The van der Waals surface area contributed by atoms with Crippen LogP contribution in [0.15, 0.2) is 85.9 Å². The summed E-state index contributed by atoms with van der Waals surface area (Å²) in [7, 11) is 0. The zero-order valence-corrected chi connectivity index (χ0v) is 20.8. The van der Waals surface area contributed by atoms with Crippen LogP contribution in [0.4, 0.5) is 0 Å². The minimum Gasteiger partial charge on any atom is -0.343 e. The Morgan fingerprint density at radius 1 is 0.914 bits per heavy atom. The fraction of sp³-hybridized carbons (Fsp3) is 0.355. The predicted molar refractivity (Wildman–Crippen MR) is 143 cm³/mol. The fourth-order valence-corrected chi connectivity index (χ4v) is 4.62. The summed E-state index contributed by atoms with van der Waals surface area (Å²) in [6, 6.07) is 17.1. The minimum absolute atomic E-state index is 0.513. The average molecular weight is 469 g/mol. The molecule has 4 heteroatoms. The Balaban J connectivity index is 1.24. The Kier molecular flexibility index (Phi) is 8.85. The average Bonchev–Trinajstić information content (AvgIpc) is 2.90. The lowest BCUT2D eigenvalue weighted by Crippen LogP contribution is -2.18. The predicted octanol–water partition coefficient (Wildman–Crippen LogP) is 8.21. The monoisotopic (exact) mass is 468 g/mol. The summed E-state index contributed by atoms with van der Waals surface area (Å²) in [5.74, 6) is 2.51. The van der Waals surface area contributed by atoms with Crippen molar-refractivity contribution in [2.24, 2.45) is 5.92 Å². The summed E-state index contributed by atoms with van der Waals surface area (Å²) in [6.45, 7) is 10.4. The molecule has 4 nitrogen and oxygen atoms in total. The molecule has 2 aromatic carbocycles. The molecular weight excluding hydrogens is 432 g/mol. The van der Waals surface area contributed by atoms with E-state index in [0.717, 1.165) is 56.3 Å². The number of benzene rings is 2. The SMILES string of the molecule is C=CCCCC(=C)OOCC1CCC(c2cnc(-c3ccc(-c4ccc(C)cc4)cc3)nc2)CC1. The first-order valence-corrected chi connectivity index (χ1v) is 12.7. The zero-order valence-electron chi connectivity index (χ0n) is 20.8. The molecule has 0 N–H and O–H groups in total. The number of aryl methyl sites for hydroxylation is 1. The fourth-order valence-electron chi connectivity index (χ4n) is 4.62. The Bertz CT molecular complexity index is 1080. The molecule has 0 unspecified atom stereocenters. The molecule has 3 aromatic rings. The molecule has 0 amide bonds. The Morgan fingerprint density at radius 2 is 1.51 bits per heavy atom. The molecule has 1 saturated carbocycles. The van der Waals surface area contributed by atoms with Gasteiger partial charge < -0.3 is 4.89 Å². The molecule has 0 bridgehead atoms. The van der Waals surface area contributed by atoms with Crippen LogP contribution in [0.1, 0.15) is 62.0 Å². The van der Waals surface area contributed by atoms with Crippen LogP contribution in [0.3, 0.4) is 0 Å². The van der Waals surface area contributed by atoms with Crippen LogP contribution in [-0.4, -0.2) is 16.6 Å². The van der Waals surface area contributed by atoms with Gasteiger partial charge in [0.2, 0.25) is 0 Å². The Labute approximate surface area is 209 Å². The highest BCUT2D eigenvalue weighted by atomic mass is 17.2. The normalized spacial score (nSPS) is 17.6. The van der Waals surface area contributed by atoms with E-state index in [1.807, 2.05) is 18.5 Å². The van der Waals surface area contributed by atoms with Crippen LogP contribution >= 0.6 is 0 Å². The van der Waals surface area contributed by atoms with Gasteiger partial charge in [0.1, 0.15) is 5.76 Å². The van der Waals surface area contributed by atoms with Crippen molar-refractivity contribution >= 4 is 0 Å². The molecule has 0 spiro atoms. The largest absolute Gasteiger partial charge is 0.343 e. The number of aromatic nitrogens is 2. The summed E-state index contributed by atoms with van der Waals surface area (Å²) in [4.78, 5) is 20.2. The Hall–Kier alpha value is -3.24. The third-order valence-electron chi connectivity index (χ3n) is 6.86. The third kappa shape index (κ3) is 7.12. The van der Waals surface area contributed by atoms with E-state index in [4.69, 9.17) is 9.78 Å². The van der Waals surface area contributed by atoms with Crippen molar-refractivity contribution < 1.29 is 9.78 Å². The highest BCUT2D eigenvalue weighted by molar-refractivity contribution is 5.67. The van der Waals surface area contributed by atoms with Gasteiger partial charge in [-0.3, -0.25) is 0 Å². The molecule has 4 rings (SSSR count). The van der Waals surface area contributed by atoms with E-state index in [1.165, 1.54) is 22.3 Å². The smallest absolute Gasteiger partial charge is 0.159 e. The van der Waals surface area contributed by atoms with Crippen LogP contribution in [0.25, 0.3) is 22.5 Å². The van der Waals surface area contributed by atoms with Gasteiger partial charge in [-0.05, 0) is 74.0 Å². The highest BCUT2D eigenvalue weighted by Crippen LogP contribution is 2.36. The maximum absolute atomic E-state index is 5.46. The van der Waals surface area contributed by atoms with Crippen LogP contribution < -0.4 is 0 Å². The first-order valence-electron chi connectivity index (χ1n) is 12.7. The summed E-state index contributed by atoms with van der Waals surface area (Å²) in [5.41, 5.74) is 5.97. The number of hydrogen-bond acceptors (Lipinski definition) is 4. The van der Waals surface area contributed by atoms with Crippen LogP contribution in [0.2, 0.25) is 0 Å². The molecular formula is C31H36N2O2. The number of unbranched alkanes of at least 4 members (excludes halogenated alkanes) is 1. The van der Waals surface area contributed by atoms with E-state index in [9.17, 15) is 0 Å². The molecule has 0 aliphatic heterocycles. The van der Waals surface area contributed by atoms with Gasteiger partial charge in [-0.1, -0.05) is 66.7 Å². The minimum atomic E-state index is 0.513. The molecule has 0 saturated heterocycles. The quantitative estimate of drug-likeness (QED) is 0.0935. The van der Waals surface area contributed by atoms with Crippen LogP contribution in [0.5, 0.6) is 0 Å². The van der Waals surface area contributed by atoms with Crippen molar-refractivity contribution in [1.82, 2.24) is 9.97 Å². The lowest BCUT2D eigenvalue weighted by atomic mass is 9.80. The first-order chi connectivity index (χ1) is 17.1. The van der Waals surface area contributed by atoms with E-state index < -0.39 is 0 Å². The third-order valence-corrected chi connectivity index (χ3v) is 6.86. The maximum atomic E-state index is 5.46. The highest BCUT2D eigenvalue weighted by Gasteiger charge is 2.23. The van der Waals surface area contributed by atoms with Crippen molar-refractivity contribution in [3.63, 3.8) is 0 Å². The van der Waals surface area contributed by atoms with Gasteiger partial charge in [0.15, 0.2) is 5.82 Å². The van der Waals surface area contributed by atoms with Gasteiger partial charge in [-0.2, -0.15) is 4.89 Å². The number of allylic oxidation sites excluding steroid dienone is 2. The standard InChI is InChI=1S/C31H36N2O2/c1-4-5-6-7-24(3)35-34-22-25-10-14-28(15-11-25)30-20-32-31(33-21-30)29-18-16-27(17-19-29)26-12-8-23(2)9-13-26/h4,8-9,12-13,16-21,25,28H,1,3,5-7,10-11,14-15,22H2,2H3. The molecule has 1 fully saturated rings. The molecule has 182 valence electrons. The Morgan fingerprint density at radius 3 is 2.14 bits per heavy atom. The van der Waals surface area contributed by atoms with E-state index in [1.54, 1.807) is 0 Å². The first kappa shape index (κ1) is 24.9. The topological polar surface area (TPSA) is 44.2 Å². The van der Waals surface area contributed by atoms with E-state index in [2.05, 4.69) is 78.6 Å².